The number of hydrogen-bond acceptors (Lipinski definition) is 5. The van der Waals surface area contributed by atoms with Crippen LogP contribution in [0.2, 0.25) is 0 Å². The minimum Gasteiger partial charge on any atom is -0.506 e. The lowest BCUT2D eigenvalue weighted by molar-refractivity contribution is -0.385. The minimum atomic E-state index is -0.723. The molecule has 0 heterocycles. The number of benzene rings is 4. The Bertz CT molecular complexity index is 1270. The second-order valence-electron chi connectivity index (χ2n) is 7.17. The molecule has 4 aromatic rings. The Morgan fingerprint density at radius 1 is 0.906 bits per heavy atom. The monoisotopic (exact) mass is 428 g/mol. The van der Waals surface area contributed by atoms with Crippen molar-refractivity contribution in [2.75, 3.05) is 4.90 Å². The molecule has 0 aliphatic carbocycles. The quantitative estimate of drug-likeness (QED) is 0.310. The molecule has 4 rings (SSSR count). The van der Waals surface area contributed by atoms with Gasteiger partial charge in [0.1, 0.15) is 12.4 Å². The van der Waals surface area contributed by atoms with Crippen LogP contribution in [0.4, 0.5) is 16.2 Å². The summed E-state index contributed by atoms with van der Waals surface area (Å²) in [6, 6.07) is 25.9. The molecule has 0 spiro atoms. The number of ether oxygens (including phenoxy) is 1. The molecule has 1 amide bonds. The Morgan fingerprint density at radius 2 is 1.59 bits per heavy atom. The van der Waals surface area contributed by atoms with Crippen LogP contribution < -0.4 is 4.90 Å². The third kappa shape index (κ3) is 4.37. The maximum Gasteiger partial charge on any atom is 0.415 e. The molecule has 0 aliphatic rings. The molecule has 0 fully saturated rings. The lowest BCUT2D eigenvalue weighted by atomic mass is 10.1. The average Bonchev–Trinajstić information content (AvgIpc) is 2.82. The molecule has 0 aliphatic heterocycles. The number of nitro groups is 1. The summed E-state index contributed by atoms with van der Waals surface area (Å²) in [6.45, 7) is -0.120. The Morgan fingerprint density at radius 3 is 2.38 bits per heavy atom. The largest absolute Gasteiger partial charge is 0.506 e. The smallest absolute Gasteiger partial charge is 0.415 e. The fourth-order valence-corrected chi connectivity index (χ4v) is 3.55. The first-order valence-corrected chi connectivity index (χ1v) is 9.96. The number of fused-ring (bicyclic) bond motifs is 1. The molecule has 7 nitrogen and oxygen atoms in total. The zero-order chi connectivity index (χ0) is 22.5. The number of amides is 1. The normalized spacial score (nSPS) is 10.6. The van der Waals surface area contributed by atoms with Crippen molar-refractivity contribution in [3.63, 3.8) is 0 Å². The van der Waals surface area contributed by atoms with Crippen molar-refractivity contribution in [2.24, 2.45) is 0 Å². The lowest BCUT2D eigenvalue weighted by Crippen LogP contribution is -2.31. The van der Waals surface area contributed by atoms with Gasteiger partial charge in [0.25, 0.3) is 5.69 Å². The van der Waals surface area contributed by atoms with Crippen molar-refractivity contribution in [3.8, 4) is 5.75 Å². The second kappa shape index (κ2) is 9.18. The number of para-hydroxylation sites is 1. The average molecular weight is 428 g/mol. The summed E-state index contributed by atoms with van der Waals surface area (Å²) in [6.07, 6.45) is -0.723. The molecule has 0 saturated heterocycles. The van der Waals surface area contributed by atoms with E-state index in [0.29, 0.717) is 10.9 Å². The van der Waals surface area contributed by atoms with Gasteiger partial charge < -0.3 is 9.84 Å². The predicted octanol–water partition coefficient (Wildman–Crippen LogP) is 5.80. The molecule has 1 N–H and O–H groups in total. The zero-order valence-electron chi connectivity index (χ0n) is 17.0. The van der Waals surface area contributed by atoms with E-state index in [4.69, 9.17) is 4.74 Å². The molecule has 0 radical (unpaired) electrons. The summed E-state index contributed by atoms with van der Waals surface area (Å²) in [5.74, 6) is -0.126. The molecule has 0 aromatic heterocycles. The number of phenols is 1. The van der Waals surface area contributed by atoms with E-state index in [1.54, 1.807) is 36.4 Å². The van der Waals surface area contributed by atoms with Crippen LogP contribution in [-0.2, 0) is 17.9 Å². The number of phenolic OH excluding ortho intramolecular Hbond substituents is 1. The van der Waals surface area contributed by atoms with Crippen LogP contribution in [0.15, 0.2) is 91.0 Å². The topological polar surface area (TPSA) is 92.9 Å². The summed E-state index contributed by atoms with van der Waals surface area (Å²) >= 11 is 0. The van der Waals surface area contributed by atoms with E-state index in [1.807, 2.05) is 42.5 Å². The lowest BCUT2D eigenvalue weighted by Gasteiger charge is -2.24. The van der Waals surface area contributed by atoms with E-state index in [-0.39, 0.29) is 30.3 Å². The number of rotatable bonds is 6. The molecule has 0 unspecified atom stereocenters. The molecule has 7 heteroatoms. The van der Waals surface area contributed by atoms with Gasteiger partial charge in [0.15, 0.2) is 0 Å². The van der Waals surface area contributed by atoms with Gasteiger partial charge in [-0.05, 0) is 17.0 Å². The Kier molecular flexibility index (Phi) is 5.98. The summed E-state index contributed by atoms with van der Waals surface area (Å²) in [5, 5.41) is 23.6. The van der Waals surface area contributed by atoms with Gasteiger partial charge in [0, 0.05) is 17.0 Å². The third-order valence-corrected chi connectivity index (χ3v) is 5.09. The number of carbonyl (C=O) groups is 1. The highest BCUT2D eigenvalue weighted by Crippen LogP contribution is 2.37. The predicted molar refractivity (Wildman–Crippen MR) is 122 cm³/mol. The van der Waals surface area contributed by atoms with Crippen LogP contribution >= 0.6 is 0 Å². The van der Waals surface area contributed by atoms with Crippen LogP contribution in [0.25, 0.3) is 10.8 Å². The van der Waals surface area contributed by atoms with Crippen molar-refractivity contribution < 1.29 is 19.6 Å². The van der Waals surface area contributed by atoms with Crippen molar-refractivity contribution in [1.82, 2.24) is 0 Å². The van der Waals surface area contributed by atoms with Gasteiger partial charge in [-0.15, -0.1) is 0 Å². The van der Waals surface area contributed by atoms with Gasteiger partial charge in [-0.25, -0.2) is 4.79 Å². The first kappa shape index (κ1) is 20.9. The van der Waals surface area contributed by atoms with Crippen LogP contribution in [0.1, 0.15) is 11.1 Å². The van der Waals surface area contributed by atoms with Crippen molar-refractivity contribution in [3.05, 3.63) is 112 Å². The summed E-state index contributed by atoms with van der Waals surface area (Å²) in [7, 11) is 0. The molecular weight excluding hydrogens is 408 g/mol. The van der Waals surface area contributed by atoms with Gasteiger partial charge in [-0.3, -0.25) is 15.0 Å². The van der Waals surface area contributed by atoms with E-state index >= 15 is 0 Å². The molecule has 0 atom stereocenters. The van der Waals surface area contributed by atoms with E-state index in [0.717, 1.165) is 10.9 Å². The standard InChI is InChI=1S/C25H20N2O5/c28-23-15-14-19-10-4-6-12-21(19)24(23)26(16-20-11-5-7-13-22(20)27(30)31)25(29)32-17-18-8-2-1-3-9-18/h1-15,28H,16-17H2. The van der Waals surface area contributed by atoms with E-state index in [1.165, 1.54) is 17.0 Å². The number of anilines is 1. The summed E-state index contributed by atoms with van der Waals surface area (Å²) in [5.41, 5.74) is 1.24. The van der Waals surface area contributed by atoms with Gasteiger partial charge >= 0.3 is 6.09 Å². The number of hydrogen-bond donors (Lipinski definition) is 1. The first-order valence-electron chi connectivity index (χ1n) is 9.96. The number of carbonyl (C=O) groups excluding carboxylic acids is 1. The van der Waals surface area contributed by atoms with Gasteiger partial charge in [0.05, 0.1) is 17.2 Å². The van der Waals surface area contributed by atoms with Crippen LogP contribution in [0.3, 0.4) is 0 Å². The maximum absolute atomic E-state index is 13.2. The van der Waals surface area contributed by atoms with Crippen LogP contribution in [-0.4, -0.2) is 16.1 Å². The van der Waals surface area contributed by atoms with E-state index in [2.05, 4.69) is 0 Å². The molecule has 0 saturated carbocycles. The number of nitrogens with zero attached hydrogens (tertiary/aromatic N) is 2. The number of aromatic hydroxyl groups is 1. The highest BCUT2D eigenvalue weighted by Gasteiger charge is 2.26. The summed E-state index contributed by atoms with van der Waals surface area (Å²) < 4.78 is 5.53. The van der Waals surface area contributed by atoms with E-state index < -0.39 is 11.0 Å². The summed E-state index contributed by atoms with van der Waals surface area (Å²) in [4.78, 5) is 25.5. The fourth-order valence-electron chi connectivity index (χ4n) is 3.55. The Balaban J connectivity index is 1.76. The van der Waals surface area contributed by atoms with Gasteiger partial charge in [0.2, 0.25) is 0 Å². The molecule has 0 bridgehead atoms. The minimum absolute atomic E-state index is 0.0264. The SMILES string of the molecule is O=C(OCc1ccccc1)N(Cc1ccccc1[N+](=O)[O-])c1c(O)ccc2ccccc12. The highest BCUT2D eigenvalue weighted by atomic mass is 16.6. The Hall–Kier alpha value is -4.39. The van der Waals surface area contributed by atoms with Crippen LogP contribution in [0.5, 0.6) is 5.75 Å². The van der Waals surface area contributed by atoms with Gasteiger partial charge in [-0.1, -0.05) is 78.9 Å². The third-order valence-electron chi connectivity index (χ3n) is 5.09. The number of nitro benzene ring substituents is 1. The molecular formula is C25H20N2O5. The maximum atomic E-state index is 13.2. The fraction of sp³-hybridized carbons (Fsp3) is 0.0800. The van der Waals surface area contributed by atoms with Crippen molar-refractivity contribution in [2.45, 2.75) is 13.2 Å². The molecule has 160 valence electrons. The highest BCUT2D eigenvalue weighted by molar-refractivity contribution is 6.04. The Labute approximate surface area is 184 Å². The van der Waals surface area contributed by atoms with E-state index in [9.17, 15) is 20.0 Å². The van der Waals surface area contributed by atoms with Crippen molar-refractivity contribution >= 4 is 28.2 Å². The second-order valence-corrected chi connectivity index (χ2v) is 7.17. The zero-order valence-corrected chi connectivity index (χ0v) is 17.0. The first-order chi connectivity index (χ1) is 15.5. The molecule has 4 aromatic carbocycles. The van der Waals surface area contributed by atoms with Crippen molar-refractivity contribution in [1.29, 1.82) is 0 Å². The van der Waals surface area contributed by atoms with Gasteiger partial charge in [-0.2, -0.15) is 0 Å². The van der Waals surface area contributed by atoms with Crippen LogP contribution in [0, 0.1) is 10.1 Å². The molecule has 32 heavy (non-hydrogen) atoms.